The van der Waals surface area contributed by atoms with Gasteiger partial charge in [0.05, 0.1) is 23.8 Å². The van der Waals surface area contributed by atoms with E-state index in [1.165, 1.54) is 0 Å². The van der Waals surface area contributed by atoms with Gasteiger partial charge < -0.3 is 10.2 Å². The van der Waals surface area contributed by atoms with E-state index in [9.17, 15) is 13.2 Å². The van der Waals surface area contributed by atoms with Gasteiger partial charge in [0, 0.05) is 37.5 Å². The number of hydrogen-bond donors (Lipinski definition) is 1. The van der Waals surface area contributed by atoms with Crippen molar-refractivity contribution in [2.45, 2.75) is 6.92 Å². The first-order valence-corrected chi connectivity index (χ1v) is 9.73. The van der Waals surface area contributed by atoms with Crippen molar-refractivity contribution in [2.75, 3.05) is 37.0 Å². The van der Waals surface area contributed by atoms with Gasteiger partial charge in [0.2, 0.25) is 0 Å². The lowest BCUT2D eigenvalue weighted by Gasteiger charge is -2.12. The maximum absolute atomic E-state index is 12.2. The molecule has 1 aromatic heterocycles. The first kappa shape index (κ1) is 18.9. The van der Waals surface area contributed by atoms with E-state index in [1.807, 2.05) is 25.1 Å². The van der Waals surface area contributed by atoms with Crippen LogP contribution < -0.4 is 10.2 Å². The number of rotatable bonds is 7. The van der Waals surface area contributed by atoms with Crippen LogP contribution in [0.25, 0.3) is 11.3 Å². The largest absolute Gasteiger partial charge is 0.361 e. The third-order valence-electron chi connectivity index (χ3n) is 3.64. The lowest BCUT2D eigenvalue weighted by molar-refractivity contribution is 0.0956. The van der Waals surface area contributed by atoms with E-state index in [2.05, 4.69) is 15.3 Å². The normalized spacial score (nSPS) is 11.2. The maximum Gasteiger partial charge on any atom is 0.251 e. The molecule has 0 saturated carbocycles. The number of anilines is 1. The van der Waals surface area contributed by atoms with Crippen molar-refractivity contribution in [3.8, 4) is 11.3 Å². The van der Waals surface area contributed by atoms with Gasteiger partial charge >= 0.3 is 0 Å². The Morgan fingerprint density at radius 2 is 2.00 bits per heavy atom. The van der Waals surface area contributed by atoms with Crippen molar-refractivity contribution < 1.29 is 13.2 Å². The Morgan fingerprint density at radius 3 is 2.68 bits per heavy atom. The zero-order valence-electron chi connectivity index (χ0n) is 14.6. The van der Waals surface area contributed by atoms with Gasteiger partial charge in [-0.25, -0.2) is 13.4 Å². The van der Waals surface area contributed by atoms with Crippen molar-refractivity contribution in [3.05, 3.63) is 42.2 Å². The highest BCUT2D eigenvalue weighted by Gasteiger charge is 2.11. The number of amides is 1. The summed E-state index contributed by atoms with van der Waals surface area (Å²) in [6, 6.07) is 7.00. The Hall–Kier alpha value is -2.48. The van der Waals surface area contributed by atoms with Gasteiger partial charge in [0.15, 0.2) is 9.84 Å². The summed E-state index contributed by atoms with van der Waals surface area (Å²) in [7, 11) is 0.655. The molecule has 0 atom stereocenters. The predicted molar refractivity (Wildman–Crippen MR) is 98.5 cm³/mol. The van der Waals surface area contributed by atoms with Crippen LogP contribution in [0.4, 0.5) is 5.82 Å². The second-order valence-electron chi connectivity index (χ2n) is 5.73. The zero-order chi connectivity index (χ0) is 18.4. The topological polar surface area (TPSA) is 92.3 Å². The van der Waals surface area contributed by atoms with Gasteiger partial charge in [-0.3, -0.25) is 9.78 Å². The minimum Gasteiger partial charge on any atom is -0.361 e. The van der Waals surface area contributed by atoms with E-state index >= 15 is 0 Å². The van der Waals surface area contributed by atoms with Crippen LogP contribution in [0.2, 0.25) is 0 Å². The Bertz CT molecular complexity index is 850. The maximum atomic E-state index is 12.2. The smallest absolute Gasteiger partial charge is 0.251 e. The molecular weight excluding hydrogens is 340 g/mol. The number of benzene rings is 1. The quantitative estimate of drug-likeness (QED) is 0.800. The molecule has 0 bridgehead atoms. The van der Waals surface area contributed by atoms with Crippen molar-refractivity contribution in [3.63, 3.8) is 0 Å². The average molecular weight is 362 g/mol. The highest BCUT2D eigenvalue weighted by molar-refractivity contribution is 7.91. The number of aromatic nitrogens is 2. The molecule has 1 amide bonds. The van der Waals surface area contributed by atoms with Gasteiger partial charge in [-0.05, 0) is 12.1 Å². The summed E-state index contributed by atoms with van der Waals surface area (Å²) in [5, 5.41) is 2.64. The SMILES string of the molecule is CCS(=O)(=O)CCNC(=O)c1cccc(-c2cncc(N(C)C)n2)c1. The van der Waals surface area contributed by atoms with Gasteiger partial charge in [-0.1, -0.05) is 19.1 Å². The Kier molecular flexibility index (Phi) is 6.08. The van der Waals surface area contributed by atoms with Crippen LogP contribution in [0.1, 0.15) is 17.3 Å². The molecule has 8 heteroatoms. The van der Waals surface area contributed by atoms with Crippen LogP contribution in [0.15, 0.2) is 36.7 Å². The van der Waals surface area contributed by atoms with Crippen LogP contribution in [-0.2, 0) is 9.84 Å². The molecular formula is C17H22N4O3S. The fraction of sp³-hybridized carbons (Fsp3) is 0.353. The van der Waals surface area contributed by atoms with E-state index in [0.717, 1.165) is 11.4 Å². The number of nitrogens with one attached hydrogen (secondary N) is 1. The molecule has 0 spiro atoms. The standard InChI is InChI=1S/C17H22N4O3S/c1-4-25(23,24)9-8-19-17(22)14-7-5-6-13(10-14)15-11-18-12-16(20-15)21(2)3/h5-7,10-12H,4,8-9H2,1-3H3,(H,19,22). The molecule has 134 valence electrons. The summed E-state index contributed by atoms with van der Waals surface area (Å²) >= 11 is 0. The lowest BCUT2D eigenvalue weighted by Crippen LogP contribution is -2.29. The van der Waals surface area contributed by atoms with Gasteiger partial charge in [-0.15, -0.1) is 0 Å². The first-order chi connectivity index (χ1) is 11.8. The molecule has 1 N–H and O–H groups in total. The summed E-state index contributed by atoms with van der Waals surface area (Å²) in [6.45, 7) is 1.68. The summed E-state index contributed by atoms with van der Waals surface area (Å²) in [4.78, 5) is 22.7. The fourth-order valence-electron chi connectivity index (χ4n) is 2.10. The summed E-state index contributed by atoms with van der Waals surface area (Å²) in [6.07, 6.45) is 3.30. The highest BCUT2D eigenvalue weighted by Crippen LogP contribution is 2.19. The van der Waals surface area contributed by atoms with Gasteiger partial charge in [-0.2, -0.15) is 0 Å². The molecule has 0 fully saturated rings. The van der Waals surface area contributed by atoms with E-state index in [0.29, 0.717) is 11.3 Å². The lowest BCUT2D eigenvalue weighted by atomic mass is 10.1. The molecule has 0 aliphatic rings. The number of nitrogens with zero attached hydrogens (tertiary/aromatic N) is 3. The Labute approximate surface area is 148 Å². The predicted octanol–water partition coefficient (Wildman–Crippen LogP) is 1.37. The molecule has 0 radical (unpaired) electrons. The number of hydrogen-bond acceptors (Lipinski definition) is 6. The van der Waals surface area contributed by atoms with E-state index < -0.39 is 9.84 Å². The van der Waals surface area contributed by atoms with Crippen LogP contribution in [0.3, 0.4) is 0 Å². The van der Waals surface area contributed by atoms with Crippen molar-refractivity contribution in [1.82, 2.24) is 15.3 Å². The molecule has 2 rings (SSSR count). The molecule has 1 heterocycles. The molecule has 25 heavy (non-hydrogen) atoms. The van der Waals surface area contributed by atoms with Crippen LogP contribution in [0.5, 0.6) is 0 Å². The third-order valence-corrected chi connectivity index (χ3v) is 5.34. The number of sulfone groups is 1. The molecule has 2 aromatic rings. The van der Waals surface area contributed by atoms with E-state index in [-0.39, 0.29) is 24.0 Å². The summed E-state index contributed by atoms with van der Waals surface area (Å²) < 4.78 is 22.9. The summed E-state index contributed by atoms with van der Waals surface area (Å²) in [5.74, 6) is 0.409. The van der Waals surface area contributed by atoms with Crippen LogP contribution >= 0.6 is 0 Å². The Morgan fingerprint density at radius 1 is 1.24 bits per heavy atom. The van der Waals surface area contributed by atoms with Crippen molar-refractivity contribution in [2.24, 2.45) is 0 Å². The highest BCUT2D eigenvalue weighted by atomic mass is 32.2. The zero-order valence-corrected chi connectivity index (χ0v) is 15.4. The van der Waals surface area contributed by atoms with Gasteiger partial charge in [0.1, 0.15) is 5.82 Å². The third kappa shape index (κ3) is 5.25. The van der Waals surface area contributed by atoms with Crippen molar-refractivity contribution in [1.29, 1.82) is 0 Å². The molecule has 7 nitrogen and oxygen atoms in total. The molecule has 0 aliphatic heterocycles. The monoisotopic (exact) mass is 362 g/mol. The molecule has 1 aromatic carbocycles. The molecule has 0 aliphatic carbocycles. The van der Waals surface area contributed by atoms with E-state index in [4.69, 9.17) is 0 Å². The van der Waals surface area contributed by atoms with Crippen LogP contribution in [0, 0.1) is 0 Å². The number of carbonyl (C=O) groups excluding carboxylic acids is 1. The minimum absolute atomic E-state index is 0.0642. The van der Waals surface area contributed by atoms with Gasteiger partial charge in [0.25, 0.3) is 5.91 Å². The number of carbonyl (C=O) groups is 1. The second kappa shape index (κ2) is 8.06. The minimum atomic E-state index is -3.10. The fourth-order valence-corrected chi connectivity index (χ4v) is 2.80. The molecule has 0 saturated heterocycles. The van der Waals surface area contributed by atoms with Crippen molar-refractivity contribution >= 4 is 21.6 Å². The Balaban J connectivity index is 2.13. The second-order valence-corrected chi connectivity index (χ2v) is 8.20. The van der Waals surface area contributed by atoms with Crippen LogP contribution in [-0.4, -0.2) is 56.4 Å². The average Bonchev–Trinajstić information content (AvgIpc) is 2.61. The first-order valence-electron chi connectivity index (χ1n) is 7.91. The summed E-state index contributed by atoms with van der Waals surface area (Å²) in [5.41, 5.74) is 1.88. The van der Waals surface area contributed by atoms with E-state index in [1.54, 1.807) is 37.5 Å². The molecule has 0 unspecified atom stereocenters.